The molecule has 0 fully saturated rings. The van der Waals surface area contributed by atoms with E-state index in [0.717, 1.165) is 16.8 Å². The molecule has 1 aromatic heterocycles. The number of amides is 1. The van der Waals surface area contributed by atoms with Gasteiger partial charge in [0.1, 0.15) is 0 Å². The summed E-state index contributed by atoms with van der Waals surface area (Å²) in [7, 11) is 0. The van der Waals surface area contributed by atoms with E-state index in [-0.39, 0.29) is 18.4 Å². The molecule has 5 heteroatoms. The monoisotopic (exact) mass is 349 g/mol. The summed E-state index contributed by atoms with van der Waals surface area (Å²) in [5, 5.41) is 17.9. The smallest absolute Gasteiger partial charge is 0.223 e. The second-order valence-electron chi connectivity index (χ2n) is 6.62. The second kappa shape index (κ2) is 7.54. The third-order valence-electron chi connectivity index (χ3n) is 4.43. The van der Waals surface area contributed by atoms with Crippen molar-refractivity contribution in [2.24, 2.45) is 0 Å². The first-order chi connectivity index (χ1) is 12.5. The number of nitrogens with zero attached hydrogens (tertiary/aromatic N) is 2. The molecular formula is C21H23N3O2. The van der Waals surface area contributed by atoms with E-state index in [9.17, 15) is 9.90 Å². The second-order valence-corrected chi connectivity index (χ2v) is 6.62. The number of aromatic nitrogens is 2. The Morgan fingerprint density at radius 1 is 1.15 bits per heavy atom. The maximum atomic E-state index is 12.5. The number of aliphatic hydroxyl groups is 1. The van der Waals surface area contributed by atoms with Crippen LogP contribution in [0, 0.1) is 0 Å². The molecule has 0 saturated carbocycles. The first-order valence-corrected chi connectivity index (χ1v) is 8.63. The van der Waals surface area contributed by atoms with E-state index in [4.69, 9.17) is 0 Å². The van der Waals surface area contributed by atoms with E-state index in [2.05, 4.69) is 10.4 Å². The maximum absolute atomic E-state index is 12.5. The van der Waals surface area contributed by atoms with Gasteiger partial charge >= 0.3 is 0 Å². The van der Waals surface area contributed by atoms with Crippen molar-refractivity contribution in [2.45, 2.75) is 31.9 Å². The van der Waals surface area contributed by atoms with E-state index in [1.165, 1.54) is 0 Å². The fraction of sp³-hybridized carbons (Fsp3) is 0.238. The van der Waals surface area contributed by atoms with Gasteiger partial charge in [-0.15, -0.1) is 0 Å². The normalized spacial score (nSPS) is 14.4. The van der Waals surface area contributed by atoms with Gasteiger partial charge in [-0.05, 0) is 37.1 Å². The number of hydrogen-bond donors (Lipinski definition) is 2. The molecule has 0 unspecified atom stereocenters. The molecule has 2 N–H and O–H groups in total. The molecule has 2 aromatic carbocycles. The van der Waals surface area contributed by atoms with Gasteiger partial charge in [-0.1, -0.05) is 48.5 Å². The van der Waals surface area contributed by atoms with Crippen LogP contribution in [0.15, 0.2) is 73.1 Å². The summed E-state index contributed by atoms with van der Waals surface area (Å²) in [4.78, 5) is 12.5. The SMILES string of the molecule is C[C@@H](NC(=O)C[C@@](C)(O)c1ccccc1)c1ccccc1-n1cccn1. The van der Waals surface area contributed by atoms with Gasteiger partial charge in [-0.2, -0.15) is 5.10 Å². The lowest BCUT2D eigenvalue weighted by molar-refractivity contribution is -0.126. The van der Waals surface area contributed by atoms with Gasteiger partial charge in [0.25, 0.3) is 0 Å². The molecule has 26 heavy (non-hydrogen) atoms. The minimum Gasteiger partial charge on any atom is -0.385 e. The molecule has 0 aliphatic carbocycles. The molecule has 1 heterocycles. The largest absolute Gasteiger partial charge is 0.385 e. The first kappa shape index (κ1) is 17.9. The molecule has 5 nitrogen and oxygen atoms in total. The van der Waals surface area contributed by atoms with Crippen LogP contribution in [0.25, 0.3) is 5.69 Å². The van der Waals surface area contributed by atoms with Gasteiger partial charge in [0.15, 0.2) is 0 Å². The van der Waals surface area contributed by atoms with Crippen molar-refractivity contribution in [3.8, 4) is 5.69 Å². The zero-order chi connectivity index (χ0) is 18.6. The van der Waals surface area contributed by atoms with Gasteiger partial charge in [-0.25, -0.2) is 4.68 Å². The van der Waals surface area contributed by atoms with Crippen LogP contribution in [0.5, 0.6) is 0 Å². The fourth-order valence-electron chi connectivity index (χ4n) is 3.06. The van der Waals surface area contributed by atoms with Crippen LogP contribution in [0.2, 0.25) is 0 Å². The molecule has 2 atom stereocenters. The Morgan fingerprint density at radius 2 is 1.85 bits per heavy atom. The Balaban J connectivity index is 1.73. The topological polar surface area (TPSA) is 67.2 Å². The Hall–Kier alpha value is -2.92. The minimum atomic E-state index is -1.22. The molecule has 0 aliphatic heterocycles. The van der Waals surface area contributed by atoms with Crippen LogP contribution in [-0.2, 0) is 10.4 Å². The molecule has 1 amide bonds. The number of hydrogen-bond acceptors (Lipinski definition) is 3. The van der Waals surface area contributed by atoms with Crippen molar-refractivity contribution in [1.82, 2.24) is 15.1 Å². The van der Waals surface area contributed by atoms with Crippen molar-refractivity contribution < 1.29 is 9.90 Å². The van der Waals surface area contributed by atoms with E-state index in [0.29, 0.717) is 0 Å². The summed E-state index contributed by atoms with van der Waals surface area (Å²) in [6.45, 7) is 3.59. The lowest BCUT2D eigenvalue weighted by Crippen LogP contribution is -2.34. The van der Waals surface area contributed by atoms with Crippen LogP contribution in [0.4, 0.5) is 0 Å². The summed E-state index contributed by atoms with van der Waals surface area (Å²) in [6.07, 6.45) is 3.58. The van der Waals surface area contributed by atoms with Crippen LogP contribution in [0.3, 0.4) is 0 Å². The van der Waals surface area contributed by atoms with Crippen LogP contribution in [0.1, 0.15) is 37.4 Å². The van der Waals surface area contributed by atoms with Crippen molar-refractivity contribution in [3.05, 3.63) is 84.2 Å². The highest BCUT2D eigenvalue weighted by atomic mass is 16.3. The van der Waals surface area contributed by atoms with E-state index < -0.39 is 5.60 Å². The average molecular weight is 349 g/mol. The predicted molar refractivity (Wildman–Crippen MR) is 101 cm³/mol. The van der Waals surface area contributed by atoms with Crippen molar-refractivity contribution in [2.75, 3.05) is 0 Å². The highest BCUT2D eigenvalue weighted by Crippen LogP contribution is 2.25. The standard InChI is InChI=1S/C21H23N3O2/c1-16(18-11-6-7-12-19(18)24-14-8-13-22-24)23-20(25)15-21(2,26)17-9-4-3-5-10-17/h3-14,16,26H,15H2,1-2H3,(H,23,25)/t16-,21-/m1/s1. The summed E-state index contributed by atoms with van der Waals surface area (Å²) in [6, 6.07) is 18.7. The maximum Gasteiger partial charge on any atom is 0.223 e. The van der Waals surface area contributed by atoms with Crippen molar-refractivity contribution in [1.29, 1.82) is 0 Å². The lowest BCUT2D eigenvalue weighted by Gasteiger charge is -2.25. The Bertz CT molecular complexity index is 858. The zero-order valence-corrected chi connectivity index (χ0v) is 15.0. The summed E-state index contributed by atoms with van der Waals surface area (Å²) >= 11 is 0. The molecule has 0 aliphatic rings. The Labute approximate surface area is 153 Å². The third-order valence-corrected chi connectivity index (χ3v) is 4.43. The summed E-state index contributed by atoms with van der Waals surface area (Å²) in [5.41, 5.74) is 1.39. The molecule has 0 spiro atoms. The molecule has 0 radical (unpaired) electrons. The molecular weight excluding hydrogens is 326 g/mol. The van der Waals surface area contributed by atoms with Gasteiger partial charge in [0.05, 0.1) is 23.8 Å². The first-order valence-electron chi connectivity index (χ1n) is 8.63. The van der Waals surface area contributed by atoms with Gasteiger partial charge < -0.3 is 10.4 Å². The number of carbonyl (C=O) groups excluding carboxylic acids is 1. The fourth-order valence-corrected chi connectivity index (χ4v) is 3.06. The van der Waals surface area contributed by atoms with E-state index in [1.807, 2.05) is 73.8 Å². The Morgan fingerprint density at radius 3 is 2.54 bits per heavy atom. The van der Waals surface area contributed by atoms with Gasteiger partial charge in [0, 0.05) is 12.4 Å². The van der Waals surface area contributed by atoms with Crippen LogP contribution < -0.4 is 5.32 Å². The summed E-state index contributed by atoms with van der Waals surface area (Å²) < 4.78 is 1.78. The molecule has 0 saturated heterocycles. The highest BCUT2D eigenvalue weighted by molar-refractivity contribution is 5.78. The average Bonchev–Trinajstić information content (AvgIpc) is 3.16. The number of para-hydroxylation sites is 1. The molecule has 0 bridgehead atoms. The highest BCUT2D eigenvalue weighted by Gasteiger charge is 2.27. The van der Waals surface area contributed by atoms with Crippen molar-refractivity contribution >= 4 is 5.91 Å². The van der Waals surface area contributed by atoms with Gasteiger partial charge in [0.2, 0.25) is 5.91 Å². The number of benzene rings is 2. The quantitative estimate of drug-likeness (QED) is 0.717. The number of rotatable bonds is 6. The van der Waals surface area contributed by atoms with E-state index >= 15 is 0 Å². The third kappa shape index (κ3) is 4.00. The van der Waals surface area contributed by atoms with Crippen LogP contribution >= 0.6 is 0 Å². The van der Waals surface area contributed by atoms with Gasteiger partial charge in [-0.3, -0.25) is 4.79 Å². The van der Waals surface area contributed by atoms with E-state index in [1.54, 1.807) is 17.8 Å². The molecule has 3 rings (SSSR count). The molecule has 134 valence electrons. The predicted octanol–water partition coefficient (Wildman–Crippen LogP) is 3.35. The van der Waals surface area contributed by atoms with Crippen LogP contribution in [-0.4, -0.2) is 20.8 Å². The van der Waals surface area contributed by atoms with Crippen molar-refractivity contribution in [3.63, 3.8) is 0 Å². The zero-order valence-electron chi connectivity index (χ0n) is 15.0. The lowest BCUT2D eigenvalue weighted by atomic mass is 9.92. The summed E-state index contributed by atoms with van der Waals surface area (Å²) in [5.74, 6) is -0.207. The Kier molecular flexibility index (Phi) is 5.19. The number of carbonyl (C=O) groups is 1. The number of nitrogens with one attached hydrogen (secondary N) is 1. The minimum absolute atomic E-state index is 0.00864. The molecule has 3 aromatic rings.